The van der Waals surface area contributed by atoms with Gasteiger partial charge in [-0.25, -0.2) is 4.98 Å². The van der Waals surface area contributed by atoms with Crippen molar-refractivity contribution in [1.82, 2.24) is 10.4 Å². The molecule has 0 aliphatic heterocycles. The van der Waals surface area contributed by atoms with E-state index >= 15 is 0 Å². The summed E-state index contributed by atoms with van der Waals surface area (Å²) in [6.07, 6.45) is 3.21. The van der Waals surface area contributed by atoms with Crippen molar-refractivity contribution in [2.75, 3.05) is 0 Å². The van der Waals surface area contributed by atoms with Gasteiger partial charge in [-0.1, -0.05) is 24.3 Å². The lowest BCUT2D eigenvalue weighted by atomic mass is 10.0. The van der Waals surface area contributed by atoms with Crippen LogP contribution in [0.2, 0.25) is 0 Å². The molecule has 20 heavy (non-hydrogen) atoms. The molecule has 6 heteroatoms. The molecule has 1 aromatic carbocycles. The predicted octanol–water partition coefficient (Wildman–Crippen LogP) is 1.79. The van der Waals surface area contributed by atoms with Crippen LogP contribution in [0.25, 0.3) is 11.1 Å². The van der Waals surface area contributed by atoms with E-state index in [-0.39, 0.29) is 5.11 Å². The van der Waals surface area contributed by atoms with Crippen LogP contribution in [0.4, 0.5) is 0 Å². The zero-order chi connectivity index (χ0) is 14.4. The van der Waals surface area contributed by atoms with Crippen LogP contribution in [-0.2, 0) is 0 Å². The van der Waals surface area contributed by atoms with Crippen LogP contribution in [0.5, 0.6) is 0 Å². The van der Waals surface area contributed by atoms with Crippen molar-refractivity contribution in [1.29, 1.82) is 5.26 Å². The molecule has 1 aromatic heterocycles. The van der Waals surface area contributed by atoms with Crippen molar-refractivity contribution in [2.45, 2.75) is 0 Å². The first-order valence-corrected chi connectivity index (χ1v) is 6.15. The van der Waals surface area contributed by atoms with Crippen molar-refractivity contribution in [2.24, 2.45) is 10.8 Å². The fraction of sp³-hybridized carbons (Fsp3) is 0. The highest BCUT2D eigenvalue weighted by atomic mass is 32.1. The van der Waals surface area contributed by atoms with Crippen molar-refractivity contribution in [3.63, 3.8) is 0 Å². The second kappa shape index (κ2) is 6.41. The van der Waals surface area contributed by atoms with Crippen molar-refractivity contribution >= 4 is 23.5 Å². The van der Waals surface area contributed by atoms with E-state index in [1.165, 1.54) is 0 Å². The summed E-state index contributed by atoms with van der Waals surface area (Å²) < 4.78 is 0. The average molecular weight is 281 g/mol. The van der Waals surface area contributed by atoms with Gasteiger partial charge in [-0.15, -0.1) is 0 Å². The molecule has 1 heterocycles. The molecule has 0 saturated heterocycles. The van der Waals surface area contributed by atoms with Gasteiger partial charge in [0.05, 0.1) is 6.21 Å². The van der Waals surface area contributed by atoms with Gasteiger partial charge in [0.25, 0.3) is 0 Å². The summed E-state index contributed by atoms with van der Waals surface area (Å²) in [5.74, 6) is 0. The minimum atomic E-state index is 0.117. The van der Waals surface area contributed by atoms with E-state index in [1.54, 1.807) is 18.5 Å². The van der Waals surface area contributed by atoms with Crippen molar-refractivity contribution in [3.8, 4) is 17.2 Å². The first-order chi connectivity index (χ1) is 9.70. The predicted molar refractivity (Wildman–Crippen MR) is 81.9 cm³/mol. The number of aromatic nitrogens is 1. The Morgan fingerprint density at radius 2 is 2.10 bits per heavy atom. The highest BCUT2D eigenvalue weighted by Crippen LogP contribution is 2.21. The molecule has 0 amide bonds. The summed E-state index contributed by atoms with van der Waals surface area (Å²) >= 11 is 4.64. The standard InChI is InChI=1S/C14H11N5S/c15-8-13-12(2-1-7-17-13)11-5-3-10(4-6-11)9-18-19-14(16)20/h1-7,9H,(H3,16,19,20). The number of nitrogens with one attached hydrogen (secondary N) is 1. The summed E-state index contributed by atoms with van der Waals surface area (Å²) in [5, 5.41) is 13.0. The molecule has 0 spiro atoms. The van der Waals surface area contributed by atoms with Gasteiger partial charge < -0.3 is 5.73 Å². The number of rotatable bonds is 3. The van der Waals surface area contributed by atoms with Crippen LogP contribution in [0.3, 0.4) is 0 Å². The lowest BCUT2D eigenvalue weighted by Gasteiger charge is -2.03. The van der Waals surface area contributed by atoms with E-state index in [0.717, 1.165) is 16.7 Å². The Bertz CT molecular complexity index is 685. The highest BCUT2D eigenvalue weighted by Gasteiger charge is 2.04. The van der Waals surface area contributed by atoms with E-state index < -0.39 is 0 Å². The third-order valence-corrected chi connectivity index (χ3v) is 2.61. The van der Waals surface area contributed by atoms with Crippen LogP contribution in [0.15, 0.2) is 47.7 Å². The van der Waals surface area contributed by atoms with E-state index in [9.17, 15) is 0 Å². The Morgan fingerprint density at radius 3 is 2.75 bits per heavy atom. The van der Waals surface area contributed by atoms with Gasteiger partial charge in [-0.05, 0) is 35.5 Å². The zero-order valence-corrected chi connectivity index (χ0v) is 11.3. The topological polar surface area (TPSA) is 87.1 Å². The Hall–Kier alpha value is -2.78. The van der Waals surface area contributed by atoms with Crippen molar-refractivity contribution in [3.05, 3.63) is 53.9 Å². The van der Waals surface area contributed by atoms with Gasteiger partial charge in [0, 0.05) is 11.8 Å². The first kappa shape index (κ1) is 13.6. The highest BCUT2D eigenvalue weighted by molar-refractivity contribution is 7.80. The summed E-state index contributed by atoms with van der Waals surface area (Å²) in [6.45, 7) is 0. The number of thiocarbonyl (C=S) groups is 1. The minimum absolute atomic E-state index is 0.117. The monoisotopic (exact) mass is 281 g/mol. The molecule has 98 valence electrons. The average Bonchev–Trinajstić information content (AvgIpc) is 2.47. The van der Waals surface area contributed by atoms with Gasteiger partial charge in [0.2, 0.25) is 0 Å². The quantitative estimate of drug-likeness (QED) is 0.509. The van der Waals surface area contributed by atoms with Crippen LogP contribution in [-0.4, -0.2) is 16.3 Å². The number of hydrogen-bond donors (Lipinski definition) is 2. The molecule has 2 aromatic rings. The Labute approximate surface area is 121 Å². The van der Waals surface area contributed by atoms with Crippen LogP contribution in [0, 0.1) is 11.3 Å². The molecular weight excluding hydrogens is 270 g/mol. The molecule has 0 aliphatic carbocycles. The molecule has 3 N–H and O–H groups in total. The molecule has 2 rings (SSSR count). The van der Waals surface area contributed by atoms with Crippen LogP contribution in [0.1, 0.15) is 11.3 Å². The Kier molecular flexibility index (Phi) is 4.37. The number of hydrogen-bond acceptors (Lipinski definition) is 4. The van der Waals surface area contributed by atoms with Gasteiger partial charge in [0.1, 0.15) is 11.8 Å². The Balaban J connectivity index is 2.22. The van der Waals surface area contributed by atoms with E-state index in [0.29, 0.717) is 5.69 Å². The zero-order valence-electron chi connectivity index (χ0n) is 10.4. The molecule has 0 unspecified atom stereocenters. The van der Waals surface area contributed by atoms with E-state index in [2.05, 4.69) is 33.8 Å². The second-order valence-electron chi connectivity index (χ2n) is 3.87. The minimum Gasteiger partial charge on any atom is -0.375 e. The molecular formula is C14H11N5S. The fourth-order valence-corrected chi connectivity index (χ4v) is 1.70. The molecule has 0 radical (unpaired) electrons. The molecule has 0 bridgehead atoms. The summed E-state index contributed by atoms with van der Waals surface area (Å²) in [5.41, 5.74) is 10.8. The lowest BCUT2D eigenvalue weighted by Crippen LogP contribution is -2.23. The molecule has 0 saturated carbocycles. The van der Waals surface area contributed by atoms with Gasteiger partial charge >= 0.3 is 0 Å². The Morgan fingerprint density at radius 1 is 1.35 bits per heavy atom. The third-order valence-electron chi connectivity index (χ3n) is 2.52. The lowest BCUT2D eigenvalue weighted by molar-refractivity contribution is 1.04. The number of nitrogens with zero attached hydrogens (tertiary/aromatic N) is 3. The summed E-state index contributed by atoms with van der Waals surface area (Å²) in [6, 6.07) is 13.3. The maximum absolute atomic E-state index is 9.04. The third kappa shape index (κ3) is 3.37. The van der Waals surface area contributed by atoms with Gasteiger partial charge in [-0.2, -0.15) is 10.4 Å². The number of nitriles is 1. The smallest absolute Gasteiger partial charge is 0.184 e. The maximum atomic E-state index is 9.04. The normalized spacial score (nSPS) is 10.2. The van der Waals surface area contributed by atoms with Crippen molar-refractivity contribution < 1.29 is 0 Å². The number of nitrogens with two attached hydrogens (primary N) is 1. The summed E-state index contributed by atoms with van der Waals surface area (Å²) in [4.78, 5) is 4.04. The maximum Gasteiger partial charge on any atom is 0.184 e. The fourth-order valence-electron chi connectivity index (χ4n) is 1.65. The second-order valence-corrected chi connectivity index (χ2v) is 4.31. The largest absolute Gasteiger partial charge is 0.375 e. The van der Waals surface area contributed by atoms with E-state index in [4.69, 9.17) is 11.0 Å². The van der Waals surface area contributed by atoms with Crippen LogP contribution >= 0.6 is 12.2 Å². The molecule has 0 aliphatic rings. The number of hydrazone groups is 1. The summed E-state index contributed by atoms with van der Waals surface area (Å²) in [7, 11) is 0. The van der Waals surface area contributed by atoms with Gasteiger partial charge in [0.15, 0.2) is 5.11 Å². The molecule has 0 atom stereocenters. The first-order valence-electron chi connectivity index (χ1n) is 5.75. The SMILES string of the molecule is N#Cc1ncccc1-c1ccc(C=NNC(N)=S)cc1. The van der Waals surface area contributed by atoms with Gasteiger partial charge in [-0.3, -0.25) is 5.43 Å². The molecule has 5 nitrogen and oxygen atoms in total. The molecule has 0 fully saturated rings. The number of pyridine rings is 1. The number of benzene rings is 1. The van der Waals surface area contributed by atoms with Crippen LogP contribution < -0.4 is 11.2 Å². The van der Waals surface area contributed by atoms with E-state index in [1.807, 2.05) is 30.3 Å².